The van der Waals surface area contributed by atoms with E-state index in [0.717, 1.165) is 25.7 Å². The first-order valence-corrected chi connectivity index (χ1v) is 6.90. The van der Waals surface area contributed by atoms with Crippen molar-refractivity contribution in [1.29, 1.82) is 0 Å². The summed E-state index contributed by atoms with van der Waals surface area (Å²) < 4.78 is 10.8. The van der Waals surface area contributed by atoms with Crippen molar-refractivity contribution in [2.24, 2.45) is 0 Å². The van der Waals surface area contributed by atoms with Gasteiger partial charge in [0.05, 0.1) is 14.2 Å². The summed E-state index contributed by atoms with van der Waals surface area (Å²) in [5, 5.41) is 1.31. The third-order valence-corrected chi connectivity index (χ3v) is 4.81. The van der Waals surface area contributed by atoms with Crippen LogP contribution in [0.2, 0.25) is 0 Å². The van der Waals surface area contributed by atoms with Gasteiger partial charge in [-0.2, -0.15) is 0 Å². The number of benzene rings is 1. The van der Waals surface area contributed by atoms with Crippen LogP contribution >= 0.6 is 8.58 Å². The summed E-state index contributed by atoms with van der Waals surface area (Å²) in [6.07, 6.45) is 5.53. The Labute approximate surface area is 99.1 Å². The molecule has 0 bridgehead atoms. The normalized spacial score (nSPS) is 17.1. The summed E-state index contributed by atoms with van der Waals surface area (Å²) in [5.74, 6) is 1.78. The van der Waals surface area contributed by atoms with Gasteiger partial charge >= 0.3 is 0 Å². The number of hydrogen-bond donors (Lipinski definition) is 0. The molecular weight excluding hydrogens is 219 g/mol. The molecule has 1 aliphatic carbocycles. The van der Waals surface area contributed by atoms with Crippen LogP contribution in [0.25, 0.3) is 0 Å². The Morgan fingerprint density at radius 2 is 1.88 bits per heavy atom. The van der Waals surface area contributed by atoms with Gasteiger partial charge in [0.15, 0.2) is 11.5 Å². The Morgan fingerprint density at radius 3 is 2.50 bits per heavy atom. The van der Waals surface area contributed by atoms with Gasteiger partial charge in [0.1, 0.15) is 0 Å². The third-order valence-electron chi connectivity index (χ3n) is 3.12. The average Bonchev–Trinajstić information content (AvgIpc) is 2.81. The Bertz CT molecular complexity index is 346. The molecule has 0 aliphatic heterocycles. The fourth-order valence-electron chi connectivity index (χ4n) is 2.29. The van der Waals surface area contributed by atoms with E-state index < -0.39 is 0 Å². The molecule has 2 rings (SSSR count). The van der Waals surface area contributed by atoms with Crippen molar-refractivity contribution in [3.63, 3.8) is 0 Å². The lowest BCUT2D eigenvalue weighted by Crippen LogP contribution is -2.07. The number of ether oxygens (including phenoxy) is 2. The molecule has 0 N–H and O–H groups in total. The van der Waals surface area contributed by atoms with Gasteiger partial charge < -0.3 is 9.47 Å². The SMILES string of the molecule is COc1cccc(PC2CCCC2)c1OC. The number of para-hydroxylation sites is 1. The largest absolute Gasteiger partial charge is 0.493 e. The molecular formula is C13H19O2P. The topological polar surface area (TPSA) is 18.5 Å². The highest BCUT2D eigenvalue weighted by Crippen LogP contribution is 2.38. The maximum absolute atomic E-state index is 5.46. The number of rotatable bonds is 4. The van der Waals surface area contributed by atoms with Crippen LogP contribution in [0.4, 0.5) is 0 Å². The zero-order chi connectivity index (χ0) is 11.4. The van der Waals surface area contributed by atoms with Crippen LogP contribution in [-0.2, 0) is 0 Å². The lowest BCUT2D eigenvalue weighted by molar-refractivity contribution is 0.357. The van der Waals surface area contributed by atoms with Gasteiger partial charge in [-0.1, -0.05) is 33.6 Å². The van der Waals surface area contributed by atoms with E-state index in [1.807, 2.05) is 6.07 Å². The van der Waals surface area contributed by atoms with Crippen LogP contribution in [0.1, 0.15) is 25.7 Å². The monoisotopic (exact) mass is 238 g/mol. The predicted octanol–water partition coefficient (Wildman–Crippen LogP) is 2.95. The predicted molar refractivity (Wildman–Crippen MR) is 69.8 cm³/mol. The quantitative estimate of drug-likeness (QED) is 0.751. The summed E-state index contributed by atoms with van der Waals surface area (Å²) in [6, 6.07) is 6.18. The van der Waals surface area contributed by atoms with E-state index in [2.05, 4.69) is 12.1 Å². The molecule has 1 unspecified atom stereocenters. The molecule has 0 aromatic heterocycles. The first-order chi connectivity index (χ1) is 7.85. The molecule has 2 nitrogen and oxygen atoms in total. The van der Waals surface area contributed by atoms with Crippen LogP contribution in [-0.4, -0.2) is 19.9 Å². The highest BCUT2D eigenvalue weighted by Gasteiger charge is 2.18. The third kappa shape index (κ3) is 2.49. The van der Waals surface area contributed by atoms with Gasteiger partial charge in [-0.05, 0) is 24.6 Å². The van der Waals surface area contributed by atoms with Gasteiger partial charge in [-0.15, -0.1) is 0 Å². The van der Waals surface area contributed by atoms with E-state index in [1.54, 1.807) is 14.2 Å². The highest BCUT2D eigenvalue weighted by molar-refractivity contribution is 7.48. The molecule has 0 heterocycles. The molecule has 1 aliphatic rings. The minimum absolute atomic E-state index is 0.852. The summed E-state index contributed by atoms with van der Waals surface area (Å²) in [6.45, 7) is 0. The van der Waals surface area contributed by atoms with Crippen LogP contribution < -0.4 is 14.8 Å². The second kappa shape index (κ2) is 5.54. The Balaban J connectivity index is 2.18. The lowest BCUT2D eigenvalue weighted by atomic mass is 10.3. The number of hydrogen-bond acceptors (Lipinski definition) is 2. The van der Waals surface area contributed by atoms with Crippen molar-refractivity contribution in [2.75, 3.05) is 14.2 Å². The average molecular weight is 238 g/mol. The molecule has 1 aromatic carbocycles. The zero-order valence-electron chi connectivity index (χ0n) is 9.95. The smallest absolute Gasteiger partial charge is 0.168 e. The van der Waals surface area contributed by atoms with Crippen LogP contribution in [0.3, 0.4) is 0 Å². The van der Waals surface area contributed by atoms with Gasteiger partial charge in [0, 0.05) is 5.30 Å². The molecule has 1 aromatic rings. The standard InChI is InChI=1S/C13H19O2P/c1-14-11-8-5-9-12(13(11)15-2)16-10-6-3-4-7-10/h5,8-10,16H,3-4,6-7H2,1-2H3. The molecule has 3 heteroatoms. The maximum Gasteiger partial charge on any atom is 0.168 e. The van der Waals surface area contributed by atoms with Crippen molar-refractivity contribution in [2.45, 2.75) is 31.3 Å². The fraction of sp³-hybridized carbons (Fsp3) is 0.538. The second-order valence-electron chi connectivity index (χ2n) is 4.17. The lowest BCUT2D eigenvalue weighted by Gasteiger charge is -2.15. The molecule has 1 atom stereocenters. The Kier molecular flexibility index (Phi) is 4.06. The molecule has 1 fully saturated rings. The number of methoxy groups -OCH3 is 2. The minimum atomic E-state index is 0.852. The van der Waals surface area contributed by atoms with Gasteiger partial charge in [-0.25, -0.2) is 0 Å². The highest BCUT2D eigenvalue weighted by atomic mass is 31.1. The van der Waals surface area contributed by atoms with Crippen molar-refractivity contribution in [3.05, 3.63) is 18.2 Å². The summed E-state index contributed by atoms with van der Waals surface area (Å²) in [5.41, 5.74) is 0.862. The molecule has 0 amide bonds. The molecule has 0 radical (unpaired) electrons. The summed E-state index contributed by atoms with van der Waals surface area (Å²) >= 11 is 0. The second-order valence-corrected chi connectivity index (χ2v) is 5.81. The van der Waals surface area contributed by atoms with Gasteiger partial charge in [0.2, 0.25) is 0 Å². The van der Waals surface area contributed by atoms with E-state index in [4.69, 9.17) is 9.47 Å². The van der Waals surface area contributed by atoms with Crippen molar-refractivity contribution in [3.8, 4) is 11.5 Å². The molecule has 16 heavy (non-hydrogen) atoms. The molecule has 0 spiro atoms. The zero-order valence-corrected chi connectivity index (χ0v) is 11.0. The van der Waals surface area contributed by atoms with Crippen molar-refractivity contribution in [1.82, 2.24) is 0 Å². The minimum Gasteiger partial charge on any atom is -0.493 e. The Hall–Kier alpha value is -0.750. The van der Waals surface area contributed by atoms with E-state index >= 15 is 0 Å². The molecule has 0 saturated heterocycles. The van der Waals surface area contributed by atoms with Crippen LogP contribution in [0.15, 0.2) is 18.2 Å². The van der Waals surface area contributed by atoms with Gasteiger partial charge in [0.25, 0.3) is 0 Å². The van der Waals surface area contributed by atoms with E-state index in [1.165, 1.54) is 31.0 Å². The van der Waals surface area contributed by atoms with Crippen molar-refractivity contribution >= 4 is 13.9 Å². The summed E-state index contributed by atoms with van der Waals surface area (Å²) in [4.78, 5) is 0. The van der Waals surface area contributed by atoms with E-state index in [0.29, 0.717) is 0 Å². The maximum atomic E-state index is 5.46. The Morgan fingerprint density at radius 1 is 1.12 bits per heavy atom. The van der Waals surface area contributed by atoms with E-state index in [9.17, 15) is 0 Å². The molecule has 1 saturated carbocycles. The summed E-state index contributed by atoms with van der Waals surface area (Å²) in [7, 11) is 4.28. The van der Waals surface area contributed by atoms with E-state index in [-0.39, 0.29) is 0 Å². The van der Waals surface area contributed by atoms with Crippen molar-refractivity contribution < 1.29 is 9.47 Å². The first-order valence-electron chi connectivity index (χ1n) is 5.82. The fourth-order valence-corrected chi connectivity index (χ4v) is 3.98. The molecule has 88 valence electrons. The first kappa shape index (κ1) is 11.7. The van der Waals surface area contributed by atoms with Crippen LogP contribution in [0.5, 0.6) is 11.5 Å². The van der Waals surface area contributed by atoms with Gasteiger partial charge in [-0.3, -0.25) is 0 Å². The van der Waals surface area contributed by atoms with Crippen LogP contribution in [0, 0.1) is 0 Å².